The lowest BCUT2D eigenvalue weighted by Gasteiger charge is -2.15. The Labute approximate surface area is 557 Å². The maximum absolute atomic E-state index is 10.9. The molecule has 456 valence electrons. The van der Waals surface area contributed by atoms with Crippen molar-refractivity contribution in [1.82, 2.24) is 19.9 Å². The molecular formula is C86H52N6O5. The number of rotatable bonds is 16. The summed E-state index contributed by atoms with van der Waals surface area (Å²) in [6, 6.07) is 105. The van der Waals surface area contributed by atoms with Crippen LogP contribution in [0.2, 0.25) is 0 Å². The molecule has 0 amide bonds. The number of aliphatic imine (C=N–C) groups is 1. The summed E-state index contributed by atoms with van der Waals surface area (Å²) in [7, 11) is 0. The molecule has 0 bridgehead atoms. The number of nitriles is 1. The molecule has 4 aromatic heterocycles. The van der Waals surface area contributed by atoms with Gasteiger partial charge in [0.1, 0.15) is 40.2 Å². The molecule has 0 saturated heterocycles. The molecule has 0 aliphatic rings. The van der Waals surface area contributed by atoms with E-state index in [-0.39, 0.29) is 0 Å². The molecule has 4 heterocycles. The highest BCUT2D eigenvalue weighted by Crippen LogP contribution is 2.42. The standard InChI is InChI=1S/C86H52N6O5/c87-53-94-64-31-23-60(24-32-64)84-50-72(56-15-7-2-8-16-56)76-46-68(38-42-80(76)90-84)97-70-40-44-82-78(48-70)74(58-19-11-4-12-20-58)52-86(92-82)62-27-35-66(36-28-62)95-65-33-25-61(26-34-65)85-51-73(57-17-9-3-10-18-57)77-47-69(39-43-81(77)91-85)96-67-37-41-79-75(45-67)71(55-13-5-1-6-14-55)49-83(89-79)59-21-29-63(30-22-59)88-54-93/h1-52H. The van der Waals surface area contributed by atoms with Crippen LogP contribution < -0.4 is 18.9 Å². The summed E-state index contributed by atoms with van der Waals surface area (Å²) in [4.78, 5) is 35.2. The number of fused-ring (bicyclic) bond motifs is 4. The Kier molecular flexibility index (Phi) is 15.5. The quantitative estimate of drug-likeness (QED) is 0.0521. The zero-order chi connectivity index (χ0) is 65.0. The van der Waals surface area contributed by atoms with Crippen LogP contribution in [0.3, 0.4) is 0 Å². The van der Waals surface area contributed by atoms with Gasteiger partial charge in [-0.25, -0.2) is 24.7 Å². The van der Waals surface area contributed by atoms with E-state index >= 15 is 0 Å². The Morgan fingerprint density at radius 2 is 0.526 bits per heavy atom. The van der Waals surface area contributed by atoms with Gasteiger partial charge in [0.25, 0.3) is 6.26 Å². The second-order valence-electron chi connectivity index (χ2n) is 23.2. The minimum Gasteiger partial charge on any atom is -0.457 e. The van der Waals surface area contributed by atoms with E-state index in [2.05, 4.69) is 89.9 Å². The average Bonchev–Trinajstić information content (AvgIpc) is 0.802. The molecule has 0 aliphatic carbocycles. The third-order valence-electron chi connectivity index (χ3n) is 17.1. The van der Waals surface area contributed by atoms with E-state index in [0.29, 0.717) is 45.9 Å². The van der Waals surface area contributed by atoms with Crippen LogP contribution in [0.4, 0.5) is 5.69 Å². The highest BCUT2D eigenvalue weighted by molar-refractivity contribution is 6.01. The van der Waals surface area contributed by atoms with E-state index in [4.69, 9.17) is 44.1 Å². The Balaban J connectivity index is 0.643. The summed E-state index contributed by atoms with van der Waals surface area (Å²) in [5, 5.41) is 12.8. The van der Waals surface area contributed by atoms with Crippen LogP contribution in [0.5, 0.6) is 40.2 Å². The number of ether oxygens (including phenoxy) is 4. The van der Waals surface area contributed by atoms with Gasteiger partial charge >= 0.3 is 0 Å². The number of aromatic nitrogens is 4. The van der Waals surface area contributed by atoms with E-state index in [1.807, 2.05) is 206 Å². The van der Waals surface area contributed by atoms with Gasteiger partial charge in [-0.15, -0.1) is 5.26 Å². The second kappa shape index (κ2) is 25.8. The van der Waals surface area contributed by atoms with Crippen LogP contribution in [0, 0.1) is 11.5 Å². The van der Waals surface area contributed by atoms with E-state index in [1.165, 1.54) is 0 Å². The molecule has 0 unspecified atom stereocenters. The van der Waals surface area contributed by atoms with Gasteiger partial charge in [0.2, 0.25) is 6.08 Å². The first-order valence-corrected chi connectivity index (χ1v) is 31.5. The van der Waals surface area contributed by atoms with Gasteiger partial charge in [0, 0.05) is 43.8 Å². The van der Waals surface area contributed by atoms with Crippen molar-refractivity contribution in [3.63, 3.8) is 0 Å². The number of carbonyl (C=O) groups excluding carboxylic acids is 1. The van der Waals surface area contributed by atoms with Crippen LogP contribution in [-0.2, 0) is 4.79 Å². The molecular weight excluding hydrogens is 1200 g/mol. The zero-order valence-corrected chi connectivity index (χ0v) is 51.7. The highest BCUT2D eigenvalue weighted by Gasteiger charge is 2.18. The lowest BCUT2D eigenvalue weighted by Crippen LogP contribution is -1.93. The van der Waals surface area contributed by atoms with Crippen molar-refractivity contribution >= 4 is 55.4 Å². The minimum absolute atomic E-state index is 0.471. The molecule has 0 fully saturated rings. The van der Waals surface area contributed by atoms with Gasteiger partial charge in [-0.05, 0) is 226 Å². The molecule has 0 saturated carbocycles. The van der Waals surface area contributed by atoms with Crippen molar-refractivity contribution in [3.05, 3.63) is 315 Å². The van der Waals surface area contributed by atoms with Crippen LogP contribution in [0.15, 0.2) is 320 Å². The fraction of sp³-hybridized carbons (Fsp3) is 0. The number of pyridine rings is 4. The molecule has 16 rings (SSSR count). The number of benzene rings is 12. The molecule has 0 N–H and O–H groups in total. The number of isocyanates is 1. The van der Waals surface area contributed by atoms with Crippen molar-refractivity contribution in [2.45, 2.75) is 0 Å². The van der Waals surface area contributed by atoms with Crippen molar-refractivity contribution in [3.8, 4) is 136 Å². The summed E-state index contributed by atoms with van der Waals surface area (Å²) in [6.45, 7) is 0. The largest absolute Gasteiger partial charge is 0.457 e. The normalized spacial score (nSPS) is 11.1. The van der Waals surface area contributed by atoms with Crippen LogP contribution in [-0.4, -0.2) is 26.0 Å². The van der Waals surface area contributed by atoms with Gasteiger partial charge in [-0.3, -0.25) is 0 Å². The first kappa shape index (κ1) is 58.4. The minimum atomic E-state index is 0.471. The smallest absolute Gasteiger partial charge is 0.292 e. The van der Waals surface area contributed by atoms with Crippen molar-refractivity contribution < 1.29 is 23.7 Å². The zero-order valence-electron chi connectivity index (χ0n) is 51.7. The van der Waals surface area contributed by atoms with Crippen molar-refractivity contribution in [1.29, 1.82) is 5.26 Å². The summed E-state index contributed by atoms with van der Waals surface area (Å²) in [6.07, 6.45) is 3.34. The molecule has 12 aromatic carbocycles. The predicted molar refractivity (Wildman–Crippen MR) is 385 cm³/mol. The van der Waals surface area contributed by atoms with E-state index in [1.54, 1.807) is 36.6 Å². The Morgan fingerprint density at radius 3 is 0.804 bits per heavy atom. The van der Waals surface area contributed by atoms with E-state index in [0.717, 1.165) is 133 Å². The first-order valence-electron chi connectivity index (χ1n) is 31.5. The molecule has 11 heteroatoms. The maximum Gasteiger partial charge on any atom is 0.292 e. The average molecular weight is 1250 g/mol. The number of hydrogen-bond donors (Lipinski definition) is 0. The van der Waals surface area contributed by atoms with Crippen molar-refractivity contribution in [2.75, 3.05) is 0 Å². The van der Waals surface area contributed by atoms with Crippen LogP contribution >= 0.6 is 0 Å². The third-order valence-corrected chi connectivity index (χ3v) is 17.1. The fourth-order valence-corrected chi connectivity index (χ4v) is 12.4. The van der Waals surface area contributed by atoms with Gasteiger partial charge in [0.05, 0.1) is 50.5 Å². The summed E-state index contributed by atoms with van der Waals surface area (Å²) in [5.74, 6) is 4.53. The van der Waals surface area contributed by atoms with Crippen LogP contribution in [0.25, 0.3) is 133 Å². The van der Waals surface area contributed by atoms with Gasteiger partial charge in [0.15, 0.2) is 0 Å². The number of nitrogens with zero attached hydrogens (tertiary/aromatic N) is 6. The highest BCUT2D eigenvalue weighted by atomic mass is 16.5. The van der Waals surface area contributed by atoms with E-state index < -0.39 is 0 Å². The monoisotopic (exact) mass is 1250 g/mol. The lowest BCUT2D eigenvalue weighted by molar-refractivity contribution is 0.482. The predicted octanol–water partition coefficient (Wildman–Crippen LogP) is 22.4. The van der Waals surface area contributed by atoms with Crippen LogP contribution in [0.1, 0.15) is 0 Å². The Hall–Kier alpha value is -13.7. The molecule has 0 atom stereocenters. The summed E-state index contributed by atoms with van der Waals surface area (Å²) >= 11 is 0. The summed E-state index contributed by atoms with van der Waals surface area (Å²) in [5.41, 5.74) is 19.0. The summed E-state index contributed by atoms with van der Waals surface area (Å²) < 4.78 is 24.9. The topological polar surface area (TPSA) is 142 Å². The molecule has 0 aliphatic heterocycles. The maximum atomic E-state index is 10.9. The number of hydrogen-bond acceptors (Lipinski definition) is 11. The van der Waals surface area contributed by atoms with E-state index in [9.17, 15) is 4.79 Å². The SMILES string of the molecule is N#COc1ccc(-c2cc(-c3ccccc3)c3cc(Oc4ccc5nc(-c6ccc(Oc7ccc(-c8cc(-c9ccccc9)c9cc(Oc%10ccc%11nc(-c%12ccc(N=C=O)cc%12)cc(-c%12ccccc%12)c%11c%10)ccc9n8)cc7)cc6)cc(-c6ccccc6)c5c4)ccc3n2)cc1. The molecule has 16 aromatic rings. The molecule has 0 spiro atoms. The van der Waals surface area contributed by atoms with Crippen molar-refractivity contribution in [2.24, 2.45) is 4.99 Å². The van der Waals surface area contributed by atoms with Gasteiger partial charge in [-0.1, -0.05) is 133 Å². The van der Waals surface area contributed by atoms with Gasteiger partial charge < -0.3 is 18.9 Å². The lowest BCUT2D eigenvalue weighted by atomic mass is 9.98. The Morgan fingerprint density at radius 1 is 0.268 bits per heavy atom. The second-order valence-corrected chi connectivity index (χ2v) is 23.2. The Bertz CT molecular complexity index is 5730. The fourth-order valence-electron chi connectivity index (χ4n) is 12.4. The molecule has 97 heavy (non-hydrogen) atoms. The molecule has 0 radical (unpaired) electrons. The third kappa shape index (κ3) is 12.2. The van der Waals surface area contributed by atoms with Gasteiger partial charge in [-0.2, -0.15) is 4.99 Å². The molecule has 11 nitrogen and oxygen atoms in total. The first-order chi connectivity index (χ1) is 47.9.